The maximum absolute atomic E-state index is 4.39. The van der Waals surface area contributed by atoms with Crippen molar-refractivity contribution < 1.29 is 0 Å². The second-order valence-electron chi connectivity index (χ2n) is 4.49. The van der Waals surface area contributed by atoms with E-state index in [-0.39, 0.29) is 6.04 Å². The molecule has 102 valence electrons. The molecule has 3 aromatic rings. The Hall–Kier alpha value is -1.56. The van der Waals surface area contributed by atoms with Crippen molar-refractivity contribution in [3.05, 3.63) is 68.6 Å². The number of aryl methyl sites for hydroxylation is 1. The fourth-order valence-corrected chi connectivity index (χ4v) is 3.68. The van der Waals surface area contributed by atoms with E-state index in [1.54, 1.807) is 22.7 Å². The zero-order chi connectivity index (χ0) is 13.8. The predicted octanol–water partition coefficient (Wildman–Crippen LogP) is 3.79. The van der Waals surface area contributed by atoms with Crippen LogP contribution in [0.15, 0.2) is 47.4 Å². The molecular weight excluding hydrogens is 286 g/mol. The summed E-state index contributed by atoms with van der Waals surface area (Å²) in [7, 11) is 0. The third-order valence-corrected chi connectivity index (χ3v) is 4.85. The molecule has 20 heavy (non-hydrogen) atoms. The highest BCUT2D eigenvalue weighted by atomic mass is 32.1. The van der Waals surface area contributed by atoms with Gasteiger partial charge in [0.2, 0.25) is 0 Å². The van der Waals surface area contributed by atoms with Crippen molar-refractivity contribution in [1.82, 2.24) is 15.3 Å². The molecule has 0 aliphatic rings. The first-order valence-corrected chi connectivity index (χ1v) is 8.16. The van der Waals surface area contributed by atoms with Gasteiger partial charge in [0.15, 0.2) is 0 Å². The maximum atomic E-state index is 4.39. The summed E-state index contributed by atoms with van der Waals surface area (Å²) in [6, 6.07) is 8.76. The molecule has 0 radical (unpaired) electrons. The van der Waals surface area contributed by atoms with E-state index in [0.29, 0.717) is 6.54 Å². The van der Waals surface area contributed by atoms with E-state index in [1.807, 2.05) is 19.3 Å². The minimum Gasteiger partial charge on any atom is -0.299 e. The van der Waals surface area contributed by atoms with Gasteiger partial charge in [-0.1, -0.05) is 12.1 Å². The molecule has 0 fully saturated rings. The van der Waals surface area contributed by atoms with Crippen LogP contribution < -0.4 is 5.32 Å². The molecule has 0 aromatic carbocycles. The summed E-state index contributed by atoms with van der Waals surface area (Å²) in [5, 5.41) is 7.81. The summed E-state index contributed by atoms with van der Waals surface area (Å²) in [6.45, 7) is 2.66. The van der Waals surface area contributed by atoms with Crippen LogP contribution in [-0.2, 0) is 6.54 Å². The van der Waals surface area contributed by atoms with E-state index < -0.39 is 0 Å². The van der Waals surface area contributed by atoms with E-state index >= 15 is 0 Å². The van der Waals surface area contributed by atoms with Crippen LogP contribution in [0.2, 0.25) is 0 Å². The summed E-state index contributed by atoms with van der Waals surface area (Å²) in [5.41, 5.74) is 1.91. The van der Waals surface area contributed by atoms with E-state index in [9.17, 15) is 0 Å². The summed E-state index contributed by atoms with van der Waals surface area (Å²) < 4.78 is 0. The lowest BCUT2D eigenvalue weighted by Gasteiger charge is -2.15. The molecule has 3 heterocycles. The molecule has 0 saturated heterocycles. The van der Waals surface area contributed by atoms with Gasteiger partial charge in [-0.25, -0.2) is 0 Å². The lowest BCUT2D eigenvalue weighted by Crippen LogP contribution is -2.21. The van der Waals surface area contributed by atoms with Crippen LogP contribution in [0, 0.1) is 6.92 Å². The first-order valence-electron chi connectivity index (χ1n) is 6.40. The Balaban J connectivity index is 1.76. The molecule has 5 heteroatoms. The number of rotatable bonds is 5. The molecule has 0 unspecified atom stereocenters. The average molecular weight is 301 g/mol. The van der Waals surface area contributed by atoms with Crippen molar-refractivity contribution in [2.24, 2.45) is 0 Å². The summed E-state index contributed by atoms with van der Waals surface area (Å²) in [4.78, 5) is 11.3. The van der Waals surface area contributed by atoms with Gasteiger partial charge < -0.3 is 0 Å². The molecule has 1 N–H and O–H groups in total. The van der Waals surface area contributed by atoms with Gasteiger partial charge in [-0.05, 0) is 29.8 Å². The number of aromatic nitrogens is 2. The van der Waals surface area contributed by atoms with E-state index in [4.69, 9.17) is 0 Å². The molecule has 3 aromatic heterocycles. The summed E-state index contributed by atoms with van der Waals surface area (Å²) in [6.07, 6.45) is 3.64. The number of thiophene rings is 2. The van der Waals surface area contributed by atoms with Gasteiger partial charge in [0, 0.05) is 28.7 Å². The highest BCUT2D eigenvalue weighted by Gasteiger charge is 2.15. The summed E-state index contributed by atoms with van der Waals surface area (Å²) in [5.74, 6) is 0. The smallest absolute Gasteiger partial charge is 0.0768 e. The Labute approximate surface area is 126 Å². The normalized spacial score (nSPS) is 11.1. The molecule has 0 aliphatic heterocycles. The lowest BCUT2D eigenvalue weighted by atomic mass is 10.2. The van der Waals surface area contributed by atoms with Gasteiger partial charge >= 0.3 is 0 Å². The SMILES string of the molecule is Cc1cnc(CNC(c2cccs2)c2cccs2)cn1. The fraction of sp³-hybridized carbons (Fsp3) is 0.200. The van der Waals surface area contributed by atoms with Crippen molar-refractivity contribution in [2.45, 2.75) is 19.5 Å². The minimum absolute atomic E-state index is 0.234. The maximum Gasteiger partial charge on any atom is 0.0768 e. The van der Waals surface area contributed by atoms with Crippen LogP contribution in [0.3, 0.4) is 0 Å². The van der Waals surface area contributed by atoms with Crippen molar-refractivity contribution >= 4 is 22.7 Å². The van der Waals surface area contributed by atoms with Gasteiger partial charge in [0.1, 0.15) is 0 Å². The Bertz CT molecular complexity index is 596. The quantitative estimate of drug-likeness (QED) is 0.779. The predicted molar refractivity (Wildman–Crippen MR) is 84.1 cm³/mol. The lowest BCUT2D eigenvalue weighted by molar-refractivity contribution is 0.610. The van der Waals surface area contributed by atoms with Crippen LogP contribution in [0.4, 0.5) is 0 Å². The second kappa shape index (κ2) is 6.26. The van der Waals surface area contributed by atoms with Gasteiger partial charge in [-0.15, -0.1) is 22.7 Å². The van der Waals surface area contributed by atoms with Gasteiger partial charge in [-0.3, -0.25) is 15.3 Å². The first-order chi connectivity index (χ1) is 9.83. The molecule has 0 aliphatic carbocycles. The number of hydrogen-bond donors (Lipinski definition) is 1. The number of nitrogens with zero attached hydrogens (tertiary/aromatic N) is 2. The van der Waals surface area contributed by atoms with Crippen LogP contribution in [0.1, 0.15) is 27.2 Å². The zero-order valence-corrected chi connectivity index (χ0v) is 12.7. The largest absolute Gasteiger partial charge is 0.299 e. The Morgan fingerprint density at radius 1 is 1.05 bits per heavy atom. The molecule has 0 amide bonds. The van der Waals surface area contributed by atoms with E-state index in [0.717, 1.165) is 11.4 Å². The Morgan fingerprint density at radius 3 is 2.25 bits per heavy atom. The Morgan fingerprint density at radius 2 is 1.75 bits per heavy atom. The molecule has 3 nitrogen and oxygen atoms in total. The van der Waals surface area contributed by atoms with E-state index in [2.05, 4.69) is 50.3 Å². The van der Waals surface area contributed by atoms with Crippen LogP contribution in [0.25, 0.3) is 0 Å². The average Bonchev–Trinajstić information content (AvgIpc) is 3.14. The van der Waals surface area contributed by atoms with Crippen molar-refractivity contribution in [3.63, 3.8) is 0 Å². The molecule has 0 spiro atoms. The molecule has 3 rings (SSSR count). The second-order valence-corrected chi connectivity index (χ2v) is 6.45. The Kier molecular flexibility index (Phi) is 4.20. The third kappa shape index (κ3) is 3.12. The third-order valence-electron chi connectivity index (χ3n) is 2.98. The fourth-order valence-electron chi connectivity index (χ4n) is 1.97. The van der Waals surface area contributed by atoms with Crippen molar-refractivity contribution in [1.29, 1.82) is 0 Å². The molecule has 0 saturated carbocycles. The molecular formula is C15H15N3S2. The van der Waals surface area contributed by atoms with Gasteiger partial charge in [0.25, 0.3) is 0 Å². The standard InChI is InChI=1S/C15H15N3S2/c1-11-8-17-12(9-16-11)10-18-15(13-4-2-6-19-13)14-5-3-7-20-14/h2-9,15,18H,10H2,1H3. The molecule has 0 bridgehead atoms. The number of hydrogen-bond acceptors (Lipinski definition) is 5. The zero-order valence-electron chi connectivity index (χ0n) is 11.1. The van der Waals surface area contributed by atoms with Crippen LogP contribution >= 0.6 is 22.7 Å². The monoisotopic (exact) mass is 301 g/mol. The van der Waals surface area contributed by atoms with E-state index in [1.165, 1.54) is 9.75 Å². The highest BCUT2D eigenvalue weighted by molar-refractivity contribution is 7.11. The first kappa shape index (κ1) is 13.4. The summed E-state index contributed by atoms with van der Waals surface area (Å²) >= 11 is 3.55. The highest BCUT2D eigenvalue weighted by Crippen LogP contribution is 2.29. The van der Waals surface area contributed by atoms with Crippen LogP contribution in [-0.4, -0.2) is 9.97 Å². The number of nitrogens with one attached hydrogen (secondary N) is 1. The van der Waals surface area contributed by atoms with Crippen molar-refractivity contribution in [3.8, 4) is 0 Å². The molecule has 0 atom stereocenters. The minimum atomic E-state index is 0.234. The van der Waals surface area contributed by atoms with Crippen LogP contribution in [0.5, 0.6) is 0 Å². The van der Waals surface area contributed by atoms with Gasteiger partial charge in [0.05, 0.1) is 17.4 Å². The van der Waals surface area contributed by atoms with Crippen molar-refractivity contribution in [2.75, 3.05) is 0 Å². The van der Waals surface area contributed by atoms with Gasteiger partial charge in [-0.2, -0.15) is 0 Å². The topological polar surface area (TPSA) is 37.8 Å².